The third kappa shape index (κ3) is 3.01. The molecule has 1 aliphatic heterocycles. The van der Waals surface area contributed by atoms with Crippen molar-refractivity contribution < 1.29 is 9.47 Å². The van der Waals surface area contributed by atoms with Crippen LogP contribution in [0, 0.1) is 5.41 Å². The van der Waals surface area contributed by atoms with Crippen LogP contribution in [0.25, 0.3) is 0 Å². The van der Waals surface area contributed by atoms with Gasteiger partial charge in [0, 0.05) is 18.7 Å². The molecule has 1 unspecified atom stereocenters. The molecule has 0 radical (unpaired) electrons. The summed E-state index contributed by atoms with van der Waals surface area (Å²) in [6.07, 6.45) is 1.16. The van der Waals surface area contributed by atoms with Gasteiger partial charge in [-0.2, -0.15) is 0 Å². The van der Waals surface area contributed by atoms with E-state index in [1.165, 1.54) is 5.56 Å². The Morgan fingerprint density at radius 3 is 2.68 bits per heavy atom. The Bertz CT molecular complexity index is 436. The van der Waals surface area contributed by atoms with E-state index in [0.29, 0.717) is 0 Å². The molecule has 0 amide bonds. The third-order valence-electron chi connectivity index (χ3n) is 4.01. The molecule has 1 fully saturated rings. The maximum atomic E-state index is 5.85. The summed E-state index contributed by atoms with van der Waals surface area (Å²) in [5.74, 6) is 1.63. The van der Waals surface area contributed by atoms with Crippen molar-refractivity contribution in [1.29, 1.82) is 0 Å². The number of rotatable bonds is 5. The first kappa shape index (κ1) is 14.2. The van der Waals surface area contributed by atoms with Gasteiger partial charge in [0.2, 0.25) is 0 Å². The van der Waals surface area contributed by atoms with E-state index in [-0.39, 0.29) is 5.41 Å². The summed E-state index contributed by atoms with van der Waals surface area (Å²) in [6.45, 7) is 6.03. The van der Waals surface area contributed by atoms with Gasteiger partial charge in [-0.1, -0.05) is 19.1 Å². The molecular weight excluding hydrogens is 240 g/mol. The topological polar surface area (TPSA) is 47.7 Å². The lowest BCUT2D eigenvalue weighted by Crippen LogP contribution is -2.31. The summed E-state index contributed by atoms with van der Waals surface area (Å²) in [7, 11) is 3.36. The highest BCUT2D eigenvalue weighted by molar-refractivity contribution is 5.46. The third-order valence-corrected chi connectivity index (χ3v) is 4.01. The Morgan fingerprint density at radius 2 is 2.11 bits per heavy atom. The van der Waals surface area contributed by atoms with Gasteiger partial charge >= 0.3 is 0 Å². The molecule has 106 valence electrons. The summed E-state index contributed by atoms with van der Waals surface area (Å²) in [5, 5.41) is 0. The van der Waals surface area contributed by atoms with Crippen LogP contribution in [0.5, 0.6) is 11.5 Å². The smallest absolute Gasteiger partial charge is 0.165 e. The molecule has 1 aromatic rings. The molecule has 0 saturated carbocycles. The van der Waals surface area contributed by atoms with Crippen LogP contribution < -0.4 is 15.2 Å². The zero-order chi connectivity index (χ0) is 13.9. The minimum absolute atomic E-state index is 0.256. The minimum Gasteiger partial charge on any atom is -0.493 e. The van der Waals surface area contributed by atoms with Crippen molar-refractivity contribution >= 4 is 0 Å². The molecule has 0 aliphatic carbocycles. The average Bonchev–Trinajstić information content (AvgIpc) is 2.80. The Hall–Kier alpha value is -1.26. The SMILES string of the molecule is COc1cccc(CN2CCC(C)(CN)C2)c1OC. The van der Waals surface area contributed by atoms with Gasteiger partial charge in [0.1, 0.15) is 0 Å². The number of likely N-dealkylation sites (tertiary alicyclic amines) is 1. The van der Waals surface area contributed by atoms with Crippen molar-refractivity contribution in [3.8, 4) is 11.5 Å². The average molecular weight is 264 g/mol. The second-order valence-electron chi connectivity index (χ2n) is 5.63. The van der Waals surface area contributed by atoms with E-state index < -0.39 is 0 Å². The van der Waals surface area contributed by atoms with Crippen LogP contribution in [0.15, 0.2) is 18.2 Å². The second kappa shape index (κ2) is 5.80. The van der Waals surface area contributed by atoms with E-state index in [9.17, 15) is 0 Å². The molecule has 0 spiro atoms. The highest BCUT2D eigenvalue weighted by atomic mass is 16.5. The van der Waals surface area contributed by atoms with E-state index in [0.717, 1.165) is 44.1 Å². The van der Waals surface area contributed by atoms with Crippen LogP contribution in [0.2, 0.25) is 0 Å². The van der Waals surface area contributed by atoms with Crippen LogP contribution in [0.3, 0.4) is 0 Å². The normalized spacial score (nSPS) is 23.6. The fourth-order valence-electron chi connectivity index (χ4n) is 2.75. The van der Waals surface area contributed by atoms with E-state index in [4.69, 9.17) is 15.2 Å². The van der Waals surface area contributed by atoms with Crippen LogP contribution in [0.1, 0.15) is 18.9 Å². The van der Waals surface area contributed by atoms with Gasteiger partial charge in [-0.05, 0) is 31.0 Å². The summed E-state index contributed by atoms with van der Waals surface area (Å²) < 4.78 is 10.8. The van der Waals surface area contributed by atoms with Crippen molar-refractivity contribution in [3.05, 3.63) is 23.8 Å². The minimum atomic E-state index is 0.256. The first-order valence-corrected chi connectivity index (χ1v) is 6.74. The number of nitrogens with zero attached hydrogens (tertiary/aromatic N) is 1. The quantitative estimate of drug-likeness (QED) is 0.882. The van der Waals surface area contributed by atoms with Gasteiger partial charge in [-0.15, -0.1) is 0 Å². The van der Waals surface area contributed by atoms with Crippen molar-refractivity contribution in [3.63, 3.8) is 0 Å². The molecule has 1 heterocycles. The molecule has 4 heteroatoms. The van der Waals surface area contributed by atoms with E-state index in [2.05, 4.69) is 17.9 Å². The van der Waals surface area contributed by atoms with Gasteiger partial charge in [-0.25, -0.2) is 0 Å². The Kier molecular flexibility index (Phi) is 4.32. The number of ether oxygens (including phenoxy) is 2. The maximum absolute atomic E-state index is 5.85. The number of para-hydroxylation sites is 1. The first-order chi connectivity index (χ1) is 9.11. The Labute approximate surface area is 115 Å². The lowest BCUT2D eigenvalue weighted by Gasteiger charge is -2.23. The highest BCUT2D eigenvalue weighted by Gasteiger charge is 2.32. The number of hydrogen-bond donors (Lipinski definition) is 1. The predicted octanol–water partition coefficient (Wildman–Crippen LogP) is 1.87. The van der Waals surface area contributed by atoms with Crippen LogP contribution in [0.4, 0.5) is 0 Å². The van der Waals surface area contributed by atoms with Gasteiger partial charge in [-0.3, -0.25) is 4.90 Å². The lowest BCUT2D eigenvalue weighted by molar-refractivity contribution is 0.268. The molecule has 0 bridgehead atoms. The van der Waals surface area contributed by atoms with Crippen molar-refractivity contribution in [1.82, 2.24) is 4.90 Å². The molecule has 2 rings (SSSR count). The summed E-state index contributed by atoms with van der Waals surface area (Å²) in [6, 6.07) is 6.03. The fourth-order valence-corrected chi connectivity index (χ4v) is 2.75. The zero-order valence-corrected chi connectivity index (χ0v) is 12.1. The zero-order valence-electron chi connectivity index (χ0n) is 12.1. The Morgan fingerprint density at radius 1 is 1.32 bits per heavy atom. The first-order valence-electron chi connectivity index (χ1n) is 6.74. The largest absolute Gasteiger partial charge is 0.493 e. The van der Waals surface area contributed by atoms with Crippen LogP contribution in [-0.4, -0.2) is 38.8 Å². The molecule has 4 nitrogen and oxygen atoms in total. The standard InChI is InChI=1S/C15H24N2O2/c1-15(10-16)7-8-17(11-15)9-12-5-4-6-13(18-2)14(12)19-3/h4-6H,7-11,16H2,1-3H3. The van der Waals surface area contributed by atoms with Crippen molar-refractivity contribution in [2.24, 2.45) is 11.1 Å². The second-order valence-corrected chi connectivity index (χ2v) is 5.63. The van der Waals surface area contributed by atoms with Gasteiger partial charge in [0.05, 0.1) is 14.2 Å². The van der Waals surface area contributed by atoms with Crippen LogP contribution in [-0.2, 0) is 6.54 Å². The van der Waals surface area contributed by atoms with Gasteiger partial charge < -0.3 is 15.2 Å². The monoisotopic (exact) mass is 264 g/mol. The number of hydrogen-bond acceptors (Lipinski definition) is 4. The summed E-state index contributed by atoms with van der Waals surface area (Å²) in [4.78, 5) is 2.43. The van der Waals surface area contributed by atoms with Crippen LogP contribution >= 0.6 is 0 Å². The van der Waals surface area contributed by atoms with E-state index >= 15 is 0 Å². The molecule has 1 aliphatic rings. The number of nitrogens with two attached hydrogens (primary N) is 1. The number of methoxy groups -OCH3 is 2. The van der Waals surface area contributed by atoms with Crippen molar-refractivity contribution in [2.45, 2.75) is 19.9 Å². The highest BCUT2D eigenvalue weighted by Crippen LogP contribution is 2.34. The molecule has 19 heavy (non-hydrogen) atoms. The molecule has 1 saturated heterocycles. The molecule has 1 atom stereocenters. The summed E-state index contributed by atoms with van der Waals surface area (Å²) in [5.41, 5.74) is 7.28. The van der Waals surface area contributed by atoms with Gasteiger partial charge in [0.25, 0.3) is 0 Å². The lowest BCUT2D eigenvalue weighted by atomic mass is 9.90. The Balaban J connectivity index is 2.12. The molecule has 1 aromatic carbocycles. The molecular formula is C15H24N2O2. The number of benzene rings is 1. The molecule has 0 aromatic heterocycles. The van der Waals surface area contributed by atoms with Gasteiger partial charge in [0.15, 0.2) is 11.5 Å². The summed E-state index contributed by atoms with van der Waals surface area (Å²) >= 11 is 0. The molecule has 2 N–H and O–H groups in total. The van der Waals surface area contributed by atoms with E-state index in [1.807, 2.05) is 12.1 Å². The predicted molar refractivity (Wildman–Crippen MR) is 76.6 cm³/mol. The fraction of sp³-hybridized carbons (Fsp3) is 0.600. The maximum Gasteiger partial charge on any atom is 0.165 e. The van der Waals surface area contributed by atoms with Crippen molar-refractivity contribution in [2.75, 3.05) is 33.9 Å². The van der Waals surface area contributed by atoms with E-state index in [1.54, 1.807) is 14.2 Å².